The molecule has 1 aliphatic rings. The Labute approximate surface area is 125 Å². The van der Waals surface area contributed by atoms with E-state index < -0.39 is 0 Å². The van der Waals surface area contributed by atoms with E-state index in [2.05, 4.69) is 5.32 Å². The molecular weight excluding hydrogens is 268 g/mol. The number of ether oxygens (including phenoxy) is 1. The molecule has 114 valence electrons. The van der Waals surface area contributed by atoms with Gasteiger partial charge in [0.25, 0.3) is 0 Å². The summed E-state index contributed by atoms with van der Waals surface area (Å²) in [6.07, 6.45) is 0.263. The number of anilines is 1. The molecule has 5 heteroatoms. The zero-order valence-electron chi connectivity index (χ0n) is 12.8. The van der Waals surface area contributed by atoms with Gasteiger partial charge in [0.1, 0.15) is 0 Å². The predicted molar refractivity (Wildman–Crippen MR) is 81.1 cm³/mol. The van der Waals surface area contributed by atoms with E-state index >= 15 is 0 Å². The lowest BCUT2D eigenvalue weighted by Crippen LogP contribution is -2.40. The van der Waals surface area contributed by atoms with Gasteiger partial charge in [0.2, 0.25) is 11.8 Å². The van der Waals surface area contributed by atoms with Crippen molar-refractivity contribution in [2.45, 2.75) is 26.3 Å². The molecule has 0 aromatic heterocycles. The molecule has 1 fully saturated rings. The van der Waals surface area contributed by atoms with Crippen LogP contribution in [0.2, 0.25) is 0 Å². The van der Waals surface area contributed by atoms with Gasteiger partial charge in [-0.15, -0.1) is 0 Å². The van der Waals surface area contributed by atoms with E-state index in [4.69, 9.17) is 4.74 Å². The zero-order chi connectivity index (χ0) is 15.4. The summed E-state index contributed by atoms with van der Waals surface area (Å²) in [4.78, 5) is 26.0. The molecule has 0 radical (unpaired) electrons. The smallest absolute Gasteiger partial charge is 0.227 e. The van der Waals surface area contributed by atoms with E-state index in [1.54, 1.807) is 12.0 Å². The van der Waals surface area contributed by atoms with Crippen molar-refractivity contribution >= 4 is 17.5 Å². The Balaban J connectivity index is 1.99. The number of carbonyl (C=O) groups excluding carboxylic acids is 2. The minimum atomic E-state index is -0.293. The number of rotatable bonds is 5. The summed E-state index contributed by atoms with van der Waals surface area (Å²) in [5, 5.41) is 2.88. The molecule has 0 spiro atoms. The van der Waals surface area contributed by atoms with Crippen LogP contribution in [0.15, 0.2) is 24.3 Å². The summed E-state index contributed by atoms with van der Waals surface area (Å²) < 4.78 is 5.00. The van der Waals surface area contributed by atoms with Crippen LogP contribution in [0.1, 0.15) is 18.9 Å². The summed E-state index contributed by atoms with van der Waals surface area (Å²) in [6.45, 7) is 4.79. The molecule has 0 unspecified atom stereocenters. The molecule has 0 bridgehead atoms. The molecule has 0 saturated carbocycles. The average molecular weight is 290 g/mol. The lowest BCUT2D eigenvalue weighted by atomic mass is 10.1. The van der Waals surface area contributed by atoms with Crippen molar-refractivity contribution in [3.05, 3.63) is 29.8 Å². The second kappa shape index (κ2) is 6.72. The van der Waals surface area contributed by atoms with Crippen molar-refractivity contribution in [3.8, 4) is 0 Å². The van der Waals surface area contributed by atoms with Gasteiger partial charge in [-0.25, -0.2) is 0 Å². The van der Waals surface area contributed by atoms with Crippen molar-refractivity contribution in [1.29, 1.82) is 0 Å². The number of nitrogens with one attached hydrogen (secondary N) is 1. The summed E-state index contributed by atoms with van der Waals surface area (Å²) in [7, 11) is 1.60. The minimum absolute atomic E-state index is 0.00148. The maximum Gasteiger partial charge on any atom is 0.227 e. The van der Waals surface area contributed by atoms with Crippen molar-refractivity contribution in [2.75, 3.05) is 25.2 Å². The van der Waals surface area contributed by atoms with Gasteiger partial charge < -0.3 is 15.0 Å². The molecule has 1 saturated heterocycles. The number of benzene rings is 1. The van der Waals surface area contributed by atoms with Crippen LogP contribution in [0.5, 0.6) is 0 Å². The van der Waals surface area contributed by atoms with E-state index in [9.17, 15) is 9.59 Å². The number of hydrogen-bond acceptors (Lipinski definition) is 3. The van der Waals surface area contributed by atoms with Gasteiger partial charge in [0.05, 0.1) is 12.5 Å². The maximum absolute atomic E-state index is 12.2. The fourth-order valence-corrected chi connectivity index (χ4v) is 2.51. The van der Waals surface area contributed by atoms with E-state index in [1.807, 2.05) is 38.1 Å². The van der Waals surface area contributed by atoms with Crippen LogP contribution in [0, 0.1) is 12.8 Å². The number of carbonyl (C=O) groups is 2. The van der Waals surface area contributed by atoms with Crippen molar-refractivity contribution < 1.29 is 14.3 Å². The Kier molecular flexibility index (Phi) is 4.96. The highest BCUT2D eigenvalue weighted by Crippen LogP contribution is 2.25. The maximum atomic E-state index is 12.2. The number of methoxy groups -OCH3 is 1. The first-order valence-corrected chi connectivity index (χ1v) is 7.17. The monoisotopic (exact) mass is 290 g/mol. The Morgan fingerprint density at radius 3 is 2.71 bits per heavy atom. The van der Waals surface area contributed by atoms with Gasteiger partial charge >= 0.3 is 0 Å². The number of aryl methyl sites for hydroxylation is 1. The molecule has 1 heterocycles. The second-order valence-corrected chi connectivity index (χ2v) is 5.61. The predicted octanol–water partition coefficient (Wildman–Crippen LogP) is 1.50. The molecule has 21 heavy (non-hydrogen) atoms. The first kappa shape index (κ1) is 15.5. The number of amides is 2. The first-order chi connectivity index (χ1) is 10.0. The SMILES string of the molecule is COC[C@@H](C)NC(=O)[C@H]1CC(=O)N(c2ccc(C)cc2)C1. The van der Waals surface area contributed by atoms with Crippen LogP contribution in [0.4, 0.5) is 5.69 Å². The van der Waals surface area contributed by atoms with Gasteiger partial charge in [-0.05, 0) is 26.0 Å². The van der Waals surface area contributed by atoms with Crippen molar-refractivity contribution in [1.82, 2.24) is 5.32 Å². The van der Waals surface area contributed by atoms with Crippen molar-refractivity contribution in [2.24, 2.45) is 5.92 Å². The van der Waals surface area contributed by atoms with Gasteiger partial charge in [-0.3, -0.25) is 9.59 Å². The van der Waals surface area contributed by atoms with E-state index in [-0.39, 0.29) is 30.2 Å². The molecule has 1 aromatic carbocycles. The second-order valence-electron chi connectivity index (χ2n) is 5.61. The number of nitrogens with zero attached hydrogens (tertiary/aromatic N) is 1. The van der Waals surface area contributed by atoms with Gasteiger partial charge in [0, 0.05) is 31.8 Å². The van der Waals surface area contributed by atoms with Gasteiger partial charge in [0.15, 0.2) is 0 Å². The van der Waals surface area contributed by atoms with Crippen LogP contribution in [0.25, 0.3) is 0 Å². The van der Waals surface area contributed by atoms with Gasteiger partial charge in [-0.2, -0.15) is 0 Å². The average Bonchev–Trinajstić information content (AvgIpc) is 2.82. The Hall–Kier alpha value is -1.88. The fourth-order valence-electron chi connectivity index (χ4n) is 2.51. The number of hydrogen-bond donors (Lipinski definition) is 1. The Morgan fingerprint density at radius 1 is 1.43 bits per heavy atom. The quantitative estimate of drug-likeness (QED) is 0.894. The highest BCUT2D eigenvalue weighted by atomic mass is 16.5. The lowest BCUT2D eigenvalue weighted by molar-refractivity contribution is -0.127. The summed E-state index contributed by atoms with van der Waals surface area (Å²) in [6, 6.07) is 7.72. The lowest BCUT2D eigenvalue weighted by Gasteiger charge is -2.18. The topological polar surface area (TPSA) is 58.6 Å². The van der Waals surface area contributed by atoms with Crippen LogP contribution in [-0.4, -0.2) is 38.1 Å². The molecule has 2 atom stereocenters. The Bertz CT molecular complexity index is 513. The Morgan fingerprint density at radius 2 is 2.10 bits per heavy atom. The zero-order valence-corrected chi connectivity index (χ0v) is 12.8. The molecular formula is C16H22N2O3. The third-order valence-corrected chi connectivity index (χ3v) is 3.65. The highest BCUT2D eigenvalue weighted by molar-refractivity contribution is 6.00. The highest BCUT2D eigenvalue weighted by Gasteiger charge is 2.35. The van der Waals surface area contributed by atoms with Gasteiger partial charge in [-0.1, -0.05) is 17.7 Å². The molecule has 2 amide bonds. The first-order valence-electron chi connectivity index (χ1n) is 7.17. The summed E-state index contributed by atoms with van der Waals surface area (Å²) >= 11 is 0. The fraction of sp³-hybridized carbons (Fsp3) is 0.500. The van der Waals surface area contributed by atoms with E-state index in [0.717, 1.165) is 11.3 Å². The summed E-state index contributed by atoms with van der Waals surface area (Å²) in [5.41, 5.74) is 2.00. The van der Waals surface area contributed by atoms with Crippen molar-refractivity contribution in [3.63, 3.8) is 0 Å². The normalized spacial score (nSPS) is 19.7. The van der Waals surface area contributed by atoms with E-state index in [0.29, 0.717) is 13.2 Å². The molecule has 5 nitrogen and oxygen atoms in total. The summed E-state index contributed by atoms with van der Waals surface area (Å²) in [5.74, 6) is -0.376. The van der Waals surface area contributed by atoms with Crippen LogP contribution in [0.3, 0.4) is 0 Å². The molecule has 0 aliphatic carbocycles. The minimum Gasteiger partial charge on any atom is -0.383 e. The van der Waals surface area contributed by atoms with Crippen LogP contribution < -0.4 is 10.2 Å². The molecule has 1 N–H and O–H groups in total. The molecule has 2 rings (SSSR count). The van der Waals surface area contributed by atoms with Crippen LogP contribution >= 0.6 is 0 Å². The largest absolute Gasteiger partial charge is 0.383 e. The molecule has 1 aliphatic heterocycles. The van der Waals surface area contributed by atoms with E-state index in [1.165, 1.54) is 0 Å². The third-order valence-electron chi connectivity index (χ3n) is 3.65. The standard InChI is InChI=1S/C16H22N2O3/c1-11-4-6-14(7-5-11)18-9-13(8-15(18)19)16(20)17-12(2)10-21-3/h4-7,12-13H,8-10H2,1-3H3,(H,17,20)/t12-,13+/m1/s1. The van der Waals surface area contributed by atoms with Crippen LogP contribution in [-0.2, 0) is 14.3 Å². The molecule has 1 aromatic rings. The third kappa shape index (κ3) is 3.82.